The molecular formula is C10H16N2O3. The highest BCUT2D eigenvalue weighted by Crippen LogP contribution is 2.05. The molecule has 0 saturated heterocycles. The minimum atomic E-state index is -0.336. The molecule has 0 radical (unpaired) electrons. The topological polar surface area (TPSA) is 65.2 Å². The Balaban J connectivity index is 2.49. The molecule has 0 bridgehead atoms. The van der Waals surface area contributed by atoms with Gasteiger partial charge in [0, 0.05) is 6.42 Å². The zero-order valence-electron chi connectivity index (χ0n) is 9.32. The molecule has 1 aromatic rings. The molecule has 1 heterocycles. The van der Waals surface area contributed by atoms with Crippen molar-refractivity contribution in [3.8, 4) is 0 Å². The van der Waals surface area contributed by atoms with Gasteiger partial charge in [0.05, 0.1) is 6.61 Å². The molecule has 15 heavy (non-hydrogen) atoms. The summed E-state index contributed by atoms with van der Waals surface area (Å²) in [5, 5.41) is 3.78. The fraction of sp³-hybridized carbons (Fsp3) is 0.700. The number of carbonyl (C=O) groups excluding carboxylic acids is 1. The molecular weight excluding hydrogens is 196 g/mol. The van der Waals surface area contributed by atoms with Gasteiger partial charge < -0.3 is 9.26 Å². The van der Waals surface area contributed by atoms with Gasteiger partial charge in [-0.15, -0.1) is 0 Å². The van der Waals surface area contributed by atoms with Crippen molar-refractivity contribution >= 4 is 5.97 Å². The fourth-order valence-corrected chi connectivity index (χ4v) is 1.15. The molecule has 0 unspecified atom stereocenters. The van der Waals surface area contributed by atoms with Gasteiger partial charge >= 0.3 is 5.97 Å². The van der Waals surface area contributed by atoms with Crippen LogP contribution in [0.5, 0.6) is 0 Å². The summed E-state index contributed by atoms with van der Waals surface area (Å²) in [5.74, 6) is 1.10. The molecule has 5 heteroatoms. The van der Waals surface area contributed by atoms with Crippen molar-refractivity contribution in [2.45, 2.75) is 33.6 Å². The molecule has 0 fully saturated rings. The van der Waals surface area contributed by atoms with Gasteiger partial charge in [0.15, 0.2) is 5.82 Å². The van der Waals surface area contributed by atoms with Crippen molar-refractivity contribution in [2.75, 3.05) is 6.61 Å². The summed E-state index contributed by atoms with van der Waals surface area (Å²) in [5.41, 5.74) is 0. The van der Waals surface area contributed by atoms with Gasteiger partial charge in [-0.1, -0.05) is 19.0 Å². The molecule has 0 N–H and O–H groups in total. The molecule has 0 amide bonds. The van der Waals surface area contributed by atoms with E-state index in [-0.39, 0.29) is 12.4 Å². The maximum Gasteiger partial charge on any atom is 0.315 e. The van der Waals surface area contributed by atoms with Gasteiger partial charge in [-0.3, -0.25) is 4.79 Å². The van der Waals surface area contributed by atoms with Gasteiger partial charge in [-0.05, 0) is 12.8 Å². The number of ether oxygens (including phenoxy) is 1. The van der Waals surface area contributed by atoms with E-state index in [9.17, 15) is 4.79 Å². The lowest BCUT2D eigenvalue weighted by molar-refractivity contribution is -0.142. The molecule has 0 saturated carbocycles. The maximum absolute atomic E-state index is 11.1. The van der Waals surface area contributed by atoms with Crippen LogP contribution in [-0.2, 0) is 22.4 Å². The minimum Gasteiger partial charge on any atom is -0.466 e. The van der Waals surface area contributed by atoms with E-state index in [0.29, 0.717) is 24.2 Å². The van der Waals surface area contributed by atoms with Crippen molar-refractivity contribution in [3.05, 3.63) is 11.7 Å². The summed E-state index contributed by atoms with van der Waals surface area (Å²) in [6.07, 6.45) is 0.811. The molecule has 0 aliphatic carbocycles. The standard InChI is InChI=1S/C10H16N2O3/c1-4-14-10(13)6-9-11-8(12-15-9)5-7(2)3/h7H,4-6H2,1-3H3. The van der Waals surface area contributed by atoms with Crippen LogP contribution in [0.2, 0.25) is 0 Å². The molecule has 0 aromatic carbocycles. The average Bonchev–Trinajstić information content (AvgIpc) is 2.51. The maximum atomic E-state index is 11.1. The Morgan fingerprint density at radius 1 is 1.53 bits per heavy atom. The molecule has 84 valence electrons. The van der Waals surface area contributed by atoms with Crippen LogP contribution >= 0.6 is 0 Å². The molecule has 1 aromatic heterocycles. The Bertz CT molecular complexity index is 320. The van der Waals surface area contributed by atoms with E-state index < -0.39 is 0 Å². The van der Waals surface area contributed by atoms with Crippen LogP contribution < -0.4 is 0 Å². The molecule has 0 aliphatic heterocycles. The van der Waals surface area contributed by atoms with Gasteiger partial charge in [0.1, 0.15) is 6.42 Å². The quantitative estimate of drug-likeness (QED) is 0.690. The molecule has 0 aliphatic rings. The van der Waals surface area contributed by atoms with Gasteiger partial charge in [0.25, 0.3) is 0 Å². The summed E-state index contributed by atoms with van der Waals surface area (Å²) in [4.78, 5) is 15.2. The largest absolute Gasteiger partial charge is 0.466 e. The summed E-state index contributed by atoms with van der Waals surface area (Å²) in [6.45, 7) is 6.27. The Hall–Kier alpha value is -1.39. The third-order valence-electron chi connectivity index (χ3n) is 1.70. The third kappa shape index (κ3) is 4.10. The first-order valence-corrected chi connectivity index (χ1v) is 5.09. The first-order chi connectivity index (χ1) is 7.11. The van der Waals surface area contributed by atoms with E-state index in [0.717, 1.165) is 6.42 Å². The number of aromatic nitrogens is 2. The number of hydrogen-bond acceptors (Lipinski definition) is 5. The lowest BCUT2D eigenvalue weighted by atomic mass is 10.1. The van der Waals surface area contributed by atoms with Crippen LogP contribution in [0, 0.1) is 5.92 Å². The number of hydrogen-bond donors (Lipinski definition) is 0. The van der Waals surface area contributed by atoms with Gasteiger partial charge in [0.2, 0.25) is 5.89 Å². The SMILES string of the molecule is CCOC(=O)Cc1nc(CC(C)C)no1. The predicted molar refractivity (Wildman–Crippen MR) is 53.2 cm³/mol. The van der Waals surface area contributed by atoms with Crippen LogP contribution in [0.25, 0.3) is 0 Å². The van der Waals surface area contributed by atoms with Crippen LogP contribution in [-0.4, -0.2) is 22.7 Å². The zero-order chi connectivity index (χ0) is 11.3. The van der Waals surface area contributed by atoms with Gasteiger partial charge in [-0.2, -0.15) is 4.98 Å². The average molecular weight is 212 g/mol. The van der Waals surface area contributed by atoms with Crippen LogP contribution in [0.4, 0.5) is 0 Å². The Morgan fingerprint density at radius 3 is 2.87 bits per heavy atom. The second-order valence-corrected chi connectivity index (χ2v) is 3.68. The van der Waals surface area contributed by atoms with Crippen molar-refractivity contribution < 1.29 is 14.1 Å². The Labute approximate surface area is 88.8 Å². The van der Waals surface area contributed by atoms with E-state index in [1.807, 2.05) is 0 Å². The van der Waals surface area contributed by atoms with E-state index >= 15 is 0 Å². The van der Waals surface area contributed by atoms with Crippen molar-refractivity contribution in [3.63, 3.8) is 0 Å². The zero-order valence-corrected chi connectivity index (χ0v) is 9.32. The summed E-state index contributed by atoms with van der Waals surface area (Å²) in [7, 11) is 0. The van der Waals surface area contributed by atoms with Crippen molar-refractivity contribution in [1.29, 1.82) is 0 Å². The number of esters is 1. The molecule has 0 spiro atoms. The molecule has 0 atom stereocenters. The summed E-state index contributed by atoms with van der Waals surface area (Å²) < 4.78 is 9.69. The van der Waals surface area contributed by atoms with Crippen LogP contribution in [0.3, 0.4) is 0 Å². The predicted octanol–water partition coefficient (Wildman–Crippen LogP) is 1.37. The highest BCUT2D eigenvalue weighted by molar-refractivity contribution is 5.71. The van der Waals surface area contributed by atoms with E-state index in [2.05, 4.69) is 24.0 Å². The van der Waals surface area contributed by atoms with E-state index in [4.69, 9.17) is 9.26 Å². The second-order valence-electron chi connectivity index (χ2n) is 3.68. The highest BCUT2D eigenvalue weighted by Gasteiger charge is 2.12. The number of rotatable bonds is 5. The highest BCUT2D eigenvalue weighted by atomic mass is 16.5. The Morgan fingerprint density at radius 2 is 2.27 bits per heavy atom. The van der Waals surface area contributed by atoms with E-state index in [1.54, 1.807) is 6.92 Å². The monoisotopic (exact) mass is 212 g/mol. The fourth-order valence-electron chi connectivity index (χ4n) is 1.15. The second kappa shape index (κ2) is 5.48. The normalized spacial score (nSPS) is 10.7. The molecule has 5 nitrogen and oxygen atoms in total. The van der Waals surface area contributed by atoms with Crippen LogP contribution in [0.15, 0.2) is 4.52 Å². The summed E-state index contributed by atoms with van der Waals surface area (Å²) >= 11 is 0. The van der Waals surface area contributed by atoms with Crippen molar-refractivity contribution in [1.82, 2.24) is 10.1 Å². The third-order valence-corrected chi connectivity index (χ3v) is 1.70. The lowest BCUT2D eigenvalue weighted by Crippen LogP contribution is -2.07. The van der Waals surface area contributed by atoms with Crippen LogP contribution in [0.1, 0.15) is 32.5 Å². The minimum absolute atomic E-state index is 0.0545. The molecule has 1 rings (SSSR count). The lowest BCUT2D eigenvalue weighted by Gasteiger charge is -1.97. The van der Waals surface area contributed by atoms with Crippen molar-refractivity contribution in [2.24, 2.45) is 5.92 Å². The smallest absolute Gasteiger partial charge is 0.315 e. The first kappa shape index (κ1) is 11.7. The number of carbonyl (C=O) groups is 1. The van der Waals surface area contributed by atoms with Gasteiger partial charge in [-0.25, -0.2) is 0 Å². The summed E-state index contributed by atoms with van der Waals surface area (Å²) in [6, 6.07) is 0. The number of nitrogens with zero attached hydrogens (tertiary/aromatic N) is 2. The Kier molecular flexibility index (Phi) is 4.27. The van der Waals surface area contributed by atoms with E-state index in [1.165, 1.54) is 0 Å². The first-order valence-electron chi connectivity index (χ1n) is 5.09.